The molecule has 0 aromatic heterocycles. The molecule has 1 saturated heterocycles. The first kappa shape index (κ1) is 65.9. The second kappa shape index (κ2) is 47.8. The second-order valence-electron chi connectivity index (χ2n) is 21.1. The lowest BCUT2D eigenvalue weighted by atomic mass is 9.98. The third-order valence-electron chi connectivity index (χ3n) is 14.6. The Morgan fingerprint density at radius 2 is 0.855 bits per heavy atom. The highest BCUT2D eigenvalue weighted by molar-refractivity contribution is 5.80. The second-order valence-corrected chi connectivity index (χ2v) is 21.1. The Morgan fingerprint density at radius 1 is 0.493 bits per heavy atom. The molecule has 69 heavy (non-hydrogen) atoms. The van der Waals surface area contributed by atoms with Gasteiger partial charge in [0.1, 0.15) is 36.6 Å². The number of aliphatic hydroxyl groups is 7. The van der Waals surface area contributed by atoms with Gasteiger partial charge in [0.05, 0.1) is 25.4 Å². The van der Waals surface area contributed by atoms with Crippen LogP contribution in [-0.2, 0) is 14.3 Å². The van der Waals surface area contributed by atoms with E-state index in [1.54, 1.807) is 0 Å². The first-order valence-electron chi connectivity index (χ1n) is 29.6. The molecule has 0 saturated carbocycles. The van der Waals surface area contributed by atoms with E-state index in [2.05, 4.69) is 31.3 Å². The van der Waals surface area contributed by atoms with Crippen molar-refractivity contribution >= 4 is 5.91 Å². The number of hydrogen-bond acceptors (Lipinski definition) is 10. The highest BCUT2D eigenvalue weighted by atomic mass is 16.7. The average Bonchev–Trinajstić information content (AvgIpc) is 3.35. The fourth-order valence-corrected chi connectivity index (χ4v) is 9.74. The number of nitrogens with one attached hydrogen (secondary N) is 1. The zero-order valence-corrected chi connectivity index (χ0v) is 44.8. The van der Waals surface area contributed by atoms with E-state index in [-0.39, 0.29) is 12.8 Å². The Hall–Kier alpha value is -1.15. The Kier molecular flexibility index (Phi) is 45.7. The van der Waals surface area contributed by atoms with E-state index < -0.39 is 74.2 Å². The van der Waals surface area contributed by atoms with Gasteiger partial charge in [-0.25, -0.2) is 0 Å². The van der Waals surface area contributed by atoms with Gasteiger partial charge in [-0.1, -0.05) is 257 Å². The molecule has 11 heteroatoms. The van der Waals surface area contributed by atoms with Crippen LogP contribution in [0.1, 0.15) is 284 Å². The normalized spacial score (nSPS) is 20.4. The molecule has 0 spiro atoms. The van der Waals surface area contributed by atoms with Gasteiger partial charge in [-0.3, -0.25) is 4.79 Å². The summed E-state index contributed by atoms with van der Waals surface area (Å²) >= 11 is 0. The Bertz CT molecular complexity index is 1130. The molecule has 1 rings (SSSR count). The van der Waals surface area contributed by atoms with Gasteiger partial charge >= 0.3 is 0 Å². The number of unbranched alkanes of at least 4 members (excludes halogenated alkanes) is 37. The molecule has 1 fully saturated rings. The summed E-state index contributed by atoms with van der Waals surface area (Å²) < 4.78 is 11.1. The number of carbonyl (C=O) groups is 1. The van der Waals surface area contributed by atoms with Crippen LogP contribution in [0.3, 0.4) is 0 Å². The molecule has 0 aliphatic carbocycles. The van der Waals surface area contributed by atoms with Crippen LogP contribution in [0.2, 0.25) is 0 Å². The maximum atomic E-state index is 13.2. The van der Waals surface area contributed by atoms with Crippen molar-refractivity contribution < 1.29 is 50.0 Å². The molecular formula is C58H113NO10. The number of allylic oxidation sites excluding steroid dienone is 2. The van der Waals surface area contributed by atoms with Crippen molar-refractivity contribution in [3.05, 3.63) is 12.2 Å². The van der Waals surface area contributed by atoms with E-state index >= 15 is 0 Å². The number of amides is 1. The molecule has 1 aliphatic heterocycles. The minimum absolute atomic E-state index is 0.259. The molecule has 9 atom stereocenters. The molecule has 9 unspecified atom stereocenters. The van der Waals surface area contributed by atoms with Gasteiger partial charge in [-0.2, -0.15) is 0 Å². The van der Waals surface area contributed by atoms with Crippen LogP contribution in [-0.4, -0.2) is 110 Å². The van der Waals surface area contributed by atoms with Gasteiger partial charge in [0.2, 0.25) is 5.91 Å². The van der Waals surface area contributed by atoms with Crippen molar-refractivity contribution in [2.45, 2.75) is 339 Å². The maximum Gasteiger partial charge on any atom is 0.249 e. The third kappa shape index (κ3) is 36.4. The van der Waals surface area contributed by atoms with Crippen molar-refractivity contribution in [1.82, 2.24) is 5.32 Å². The molecule has 8 N–H and O–H groups in total. The van der Waals surface area contributed by atoms with Crippen LogP contribution in [0.5, 0.6) is 0 Å². The fourth-order valence-electron chi connectivity index (χ4n) is 9.74. The summed E-state index contributed by atoms with van der Waals surface area (Å²) in [5, 5.41) is 76.1. The topological polar surface area (TPSA) is 189 Å². The predicted octanol–water partition coefficient (Wildman–Crippen LogP) is 12.4. The minimum atomic E-state index is -1.66. The number of hydrogen-bond donors (Lipinski definition) is 8. The quantitative estimate of drug-likeness (QED) is 0.0215. The highest BCUT2D eigenvalue weighted by Gasteiger charge is 2.44. The molecule has 0 radical (unpaired) electrons. The summed E-state index contributed by atoms with van der Waals surface area (Å²) in [6.07, 6.45) is 44.1. The summed E-state index contributed by atoms with van der Waals surface area (Å²) in [4.78, 5) is 13.2. The summed E-state index contributed by atoms with van der Waals surface area (Å²) in [6, 6.07) is -1.18. The van der Waals surface area contributed by atoms with Crippen LogP contribution in [0.4, 0.5) is 0 Å². The monoisotopic (exact) mass is 984 g/mol. The van der Waals surface area contributed by atoms with Crippen molar-refractivity contribution in [1.29, 1.82) is 0 Å². The smallest absolute Gasteiger partial charge is 0.249 e. The van der Waals surface area contributed by atoms with Gasteiger partial charge in [0.25, 0.3) is 0 Å². The fraction of sp³-hybridized carbons (Fsp3) is 0.948. The van der Waals surface area contributed by atoms with Crippen molar-refractivity contribution in [3.8, 4) is 0 Å². The minimum Gasteiger partial charge on any atom is -0.394 e. The maximum absolute atomic E-state index is 13.2. The number of aliphatic hydroxyl groups excluding tert-OH is 7. The Morgan fingerprint density at radius 3 is 1.25 bits per heavy atom. The van der Waals surface area contributed by atoms with Gasteiger partial charge in [0, 0.05) is 0 Å². The van der Waals surface area contributed by atoms with Crippen LogP contribution >= 0.6 is 0 Å². The summed E-state index contributed by atoms with van der Waals surface area (Å²) in [5.41, 5.74) is 0. The van der Waals surface area contributed by atoms with E-state index in [4.69, 9.17) is 9.47 Å². The standard InChI is InChI=1S/C58H113NO10/c1-3-5-7-9-11-13-15-17-19-21-23-25-26-28-29-31-33-35-37-39-41-43-45-50(61)53(63)49(48-68-58-56(66)55(65)54(64)52(47-60)69-58)59-57(67)51(62)46-44-42-40-38-36-34-32-30-27-24-22-20-18-16-14-12-10-8-6-4-2/h37,39,49-56,58,60-66H,3-36,38,40-48H2,1-2H3,(H,59,67)/b39-37+. The lowest BCUT2D eigenvalue weighted by Crippen LogP contribution is -2.60. The summed E-state index contributed by atoms with van der Waals surface area (Å²) in [7, 11) is 0. The number of ether oxygens (including phenoxy) is 2. The zero-order valence-electron chi connectivity index (χ0n) is 44.8. The molecule has 1 heterocycles. The molecule has 0 aromatic carbocycles. The van der Waals surface area contributed by atoms with Gasteiger partial charge in [-0.15, -0.1) is 0 Å². The Labute approximate surface area is 423 Å². The number of rotatable bonds is 51. The largest absolute Gasteiger partial charge is 0.394 e. The van der Waals surface area contributed by atoms with Crippen LogP contribution in [0.25, 0.3) is 0 Å². The van der Waals surface area contributed by atoms with Gasteiger partial charge in [-0.05, 0) is 38.5 Å². The first-order valence-corrected chi connectivity index (χ1v) is 29.6. The molecule has 1 amide bonds. The summed E-state index contributed by atoms with van der Waals surface area (Å²) in [5.74, 6) is -0.700. The molecule has 0 aromatic rings. The molecule has 11 nitrogen and oxygen atoms in total. The lowest BCUT2D eigenvalue weighted by Gasteiger charge is -2.40. The van der Waals surface area contributed by atoms with Gasteiger partial charge < -0.3 is 50.5 Å². The molecule has 1 aliphatic rings. The third-order valence-corrected chi connectivity index (χ3v) is 14.6. The Balaban J connectivity index is 2.32. The number of carbonyl (C=O) groups excluding carboxylic acids is 1. The van der Waals surface area contributed by atoms with E-state index in [0.717, 1.165) is 38.5 Å². The van der Waals surface area contributed by atoms with E-state index in [0.29, 0.717) is 12.8 Å². The highest BCUT2D eigenvalue weighted by Crippen LogP contribution is 2.23. The van der Waals surface area contributed by atoms with E-state index in [1.165, 1.54) is 205 Å². The van der Waals surface area contributed by atoms with Crippen molar-refractivity contribution in [2.24, 2.45) is 0 Å². The van der Waals surface area contributed by atoms with E-state index in [1.807, 2.05) is 0 Å². The van der Waals surface area contributed by atoms with Crippen LogP contribution in [0.15, 0.2) is 12.2 Å². The van der Waals surface area contributed by atoms with Crippen LogP contribution < -0.4 is 5.32 Å². The van der Waals surface area contributed by atoms with E-state index in [9.17, 15) is 40.5 Å². The van der Waals surface area contributed by atoms with Crippen molar-refractivity contribution in [2.75, 3.05) is 13.2 Å². The lowest BCUT2D eigenvalue weighted by molar-refractivity contribution is -0.303. The first-order chi connectivity index (χ1) is 33.7. The molecule has 0 bridgehead atoms. The predicted molar refractivity (Wildman–Crippen MR) is 284 cm³/mol. The summed E-state index contributed by atoms with van der Waals surface area (Å²) in [6.45, 7) is 3.48. The SMILES string of the molecule is CCCCCCCCCCCCCCCCCCC/C=C/CCCC(O)C(O)C(COC1OC(CO)C(O)C(O)C1O)NC(=O)C(O)CCCCCCCCCCCCCCCCCCCCCC. The van der Waals surface area contributed by atoms with Gasteiger partial charge in [0.15, 0.2) is 6.29 Å². The average molecular weight is 985 g/mol. The van der Waals surface area contributed by atoms with Crippen molar-refractivity contribution in [3.63, 3.8) is 0 Å². The molecule has 410 valence electrons. The zero-order chi connectivity index (χ0) is 50.4. The van der Waals surface area contributed by atoms with Crippen LogP contribution in [0, 0.1) is 0 Å². The molecular weight excluding hydrogens is 871 g/mol.